The first-order chi connectivity index (χ1) is 16.5. The number of fused-ring (bicyclic) bond motifs is 1. The Bertz CT molecular complexity index is 1560. The number of azo groups is 1. The Kier molecular flexibility index (Phi) is 6.08. The van der Waals surface area contributed by atoms with Crippen molar-refractivity contribution in [1.82, 2.24) is 4.98 Å². The largest absolute Gasteiger partial charge is 0.507 e. The van der Waals surface area contributed by atoms with Gasteiger partial charge in [0, 0.05) is 27.4 Å². The summed E-state index contributed by atoms with van der Waals surface area (Å²) in [7, 11) is 0. The number of hydrogen-bond donors (Lipinski definition) is 1. The Morgan fingerprint density at radius 2 is 1.53 bits per heavy atom. The van der Waals surface area contributed by atoms with Crippen LogP contribution in [0.1, 0.15) is 5.56 Å². The molecule has 34 heavy (non-hydrogen) atoms. The molecule has 6 nitrogen and oxygen atoms in total. The Morgan fingerprint density at radius 3 is 2.38 bits per heavy atom. The summed E-state index contributed by atoms with van der Waals surface area (Å²) < 4.78 is 5.84. The van der Waals surface area contributed by atoms with Gasteiger partial charge in [0.05, 0.1) is 17.1 Å². The van der Waals surface area contributed by atoms with E-state index in [4.69, 9.17) is 27.6 Å². The highest BCUT2D eigenvalue weighted by Crippen LogP contribution is 2.29. The summed E-state index contributed by atoms with van der Waals surface area (Å²) >= 11 is 12.0. The topological polar surface area (TPSA) is 83.3 Å². The molecule has 0 fully saturated rings. The van der Waals surface area contributed by atoms with Gasteiger partial charge in [-0.15, -0.1) is 0 Å². The van der Waals surface area contributed by atoms with Gasteiger partial charge in [-0.2, -0.15) is 10.2 Å². The zero-order valence-electron chi connectivity index (χ0n) is 17.6. The SMILES string of the molecule is Oc1ccc(N=Nc2cccc(Cl)c2)cc1C=Nc1cccc(-c2nc3cc(Cl)ccc3o2)c1. The molecule has 0 atom stereocenters. The van der Waals surface area contributed by atoms with Crippen molar-refractivity contribution in [3.63, 3.8) is 0 Å². The third-order valence-electron chi connectivity index (χ3n) is 4.90. The second-order valence-corrected chi connectivity index (χ2v) is 8.24. The minimum atomic E-state index is 0.0810. The first-order valence-electron chi connectivity index (χ1n) is 10.2. The third-order valence-corrected chi connectivity index (χ3v) is 5.37. The highest BCUT2D eigenvalue weighted by atomic mass is 35.5. The summed E-state index contributed by atoms with van der Waals surface area (Å²) in [5.41, 5.74) is 4.49. The van der Waals surface area contributed by atoms with E-state index in [1.54, 1.807) is 66.9 Å². The van der Waals surface area contributed by atoms with Crippen molar-refractivity contribution in [1.29, 1.82) is 0 Å². The standard InChI is InChI=1S/C26H16Cl2N4O2/c27-18-4-2-6-21(13-18)31-32-22-8-9-24(33)17(12-22)15-29-20-5-1-3-16(11-20)26-30-23-14-19(28)7-10-25(23)34-26/h1-15,33H. The van der Waals surface area contributed by atoms with E-state index in [0.717, 1.165) is 5.56 Å². The summed E-state index contributed by atoms with van der Waals surface area (Å²) in [6, 6.07) is 24.7. The zero-order valence-corrected chi connectivity index (χ0v) is 19.1. The van der Waals surface area contributed by atoms with Crippen LogP contribution in [0.25, 0.3) is 22.6 Å². The molecule has 4 aromatic carbocycles. The summed E-state index contributed by atoms with van der Waals surface area (Å²) in [5, 5.41) is 19.8. The molecule has 0 saturated heterocycles. The van der Waals surface area contributed by atoms with Crippen LogP contribution in [0.3, 0.4) is 0 Å². The minimum Gasteiger partial charge on any atom is -0.507 e. The number of hydrogen-bond acceptors (Lipinski definition) is 6. The van der Waals surface area contributed by atoms with E-state index < -0.39 is 0 Å². The Balaban J connectivity index is 1.39. The molecule has 1 aromatic heterocycles. The lowest BCUT2D eigenvalue weighted by Crippen LogP contribution is -1.82. The molecule has 0 amide bonds. The van der Waals surface area contributed by atoms with Crippen molar-refractivity contribution in [2.75, 3.05) is 0 Å². The van der Waals surface area contributed by atoms with Gasteiger partial charge in [-0.3, -0.25) is 4.99 Å². The second-order valence-electron chi connectivity index (χ2n) is 7.36. The molecule has 1 N–H and O–H groups in total. The molecule has 0 aliphatic rings. The van der Waals surface area contributed by atoms with E-state index in [-0.39, 0.29) is 5.75 Å². The van der Waals surface area contributed by atoms with Crippen LogP contribution in [-0.4, -0.2) is 16.3 Å². The van der Waals surface area contributed by atoms with Gasteiger partial charge >= 0.3 is 0 Å². The molecule has 5 rings (SSSR count). The number of phenols is 1. The van der Waals surface area contributed by atoms with Gasteiger partial charge in [0.15, 0.2) is 5.58 Å². The monoisotopic (exact) mass is 486 g/mol. The summed E-state index contributed by atoms with van der Waals surface area (Å²) in [6.07, 6.45) is 1.57. The van der Waals surface area contributed by atoms with Crippen LogP contribution in [0.15, 0.2) is 105 Å². The summed E-state index contributed by atoms with van der Waals surface area (Å²) in [4.78, 5) is 9.00. The molecular formula is C26H16Cl2N4O2. The fourth-order valence-corrected chi connectivity index (χ4v) is 3.60. The van der Waals surface area contributed by atoms with Crippen LogP contribution in [0.2, 0.25) is 10.0 Å². The van der Waals surface area contributed by atoms with E-state index >= 15 is 0 Å². The fraction of sp³-hybridized carbons (Fsp3) is 0. The average molecular weight is 487 g/mol. The van der Waals surface area contributed by atoms with E-state index in [9.17, 15) is 5.11 Å². The number of nitrogens with zero attached hydrogens (tertiary/aromatic N) is 4. The van der Waals surface area contributed by atoms with Crippen molar-refractivity contribution >= 4 is 57.6 Å². The first kappa shape index (κ1) is 21.8. The maximum absolute atomic E-state index is 10.3. The van der Waals surface area contributed by atoms with Crippen molar-refractivity contribution < 1.29 is 9.52 Å². The number of halogens is 2. The lowest BCUT2D eigenvalue weighted by Gasteiger charge is -2.01. The smallest absolute Gasteiger partial charge is 0.227 e. The molecule has 5 aromatic rings. The van der Waals surface area contributed by atoms with E-state index in [1.807, 2.05) is 24.3 Å². The Labute approximate surface area is 204 Å². The van der Waals surface area contributed by atoms with Gasteiger partial charge in [0.1, 0.15) is 11.3 Å². The maximum atomic E-state index is 10.3. The Morgan fingerprint density at radius 1 is 0.765 bits per heavy atom. The van der Waals surface area contributed by atoms with Crippen molar-refractivity contribution in [3.8, 4) is 17.2 Å². The summed E-state index contributed by atoms with van der Waals surface area (Å²) in [6.45, 7) is 0. The highest BCUT2D eigenvalue weighted by Gasteiger charge is 2.09. The lowest BCUT2D eigenvalue weighted by atomic mass is 10.2. The van der Waals surface area contributed by atoms with Gasteiger partial charge < -0.3 is 9.52 Å². The molecular weight excluding hydrogens is 471 g/mol. The normalized spacial score (nSPS) is 11.7. The minimum absolute atomic E-state index is 0.0810. The fourth-order valence-electron chi connectivity index (χ4n) is 3.25. The van der Waals surface area contributed by atoms with Crippen LogP contribution in [0.5, 0.6) is 5.75 Å². The lowest BCUT2D eigenvalue weighted by molar-refractivity contribution is 0.474. The molecule has 0 radical (unpaired) electrons. The average Bonchev–Trinajstić information content (AvgIpc) is 3.26. The zero-order chi connectivity index (χ0) is 23.5. The second kappa shape index (κ2) is 9.47. The van der Waals surface area contributed by atoms with Crippen molar-refractivity contribution in [2.45, 2.75) is 0 Å². The van der Waals surface area contributed by atoms with Crippen LogP contribution in [-0.2, 0) is 0 Å². The van der Waals surface area contributed by atoms with Crippen LogP contribution >= 0.6 is 23.2 Å². The van der Waals surface area contributed by atoms with Crippen molar-refractivity contribution in [2.24, 2.45) is 15.2 Å². The van der Waals surface area contributed by atoms with Gasteiger partial charge in [-0.25, -0.2) is 4.98 Å². The molecule has 0 bridgehead atoms. The molecule has 8 heteroatoms. The molecule has 0 aliphatic carbocycles. The van der Waals surface area contributed by atoms with Gasteiger partial charge in [0.25, 0.3) is 0 Å². The predicted octanol–water partition coefficient (Wildman–Crippen LogP) is 8.67. The molecule has 1 heterocycles. The number of rotatable bonds is 5. The number of oxazole rings is 1. The number of aliphatic imine (C=N–C) groups is 1. The van der Waals surface area contributed by atoms with E-state index in [1.165, 1.54) is 0 Å². The van der Waals surface area contributed by atoms with Gasteiger partial charge in [-0.05, 0) is 72.8 Å². The van der Waals surface area contributed by atoms with Gasteiger partial charge in [-0.1, -0.05) is 35.3 Å². The van der Waals surface area contributed by atoms with Crippen LogP contribution in [0.4, 0.5) is 17.1 Å². The van der Waals surface area contributed by atoms with E-state index in [0.29, 0.717) is 49.7 Å². The highest BCUT2D eigenvalue weighted by molar-refractivity contribution is 6.31. The number of aromatic nitrogens is 1. The van der Waals surface area contributed by atoms with Gasteiger partial charge in [0.2, 0.25) is 5.89 Å². The molecule has 0 unspecified atom stereocenters. The first-order valence-corrected chi connectivity index (χ1v) is 11.0. The molecule has 0 spiro atoms. The number of aromatic hydroxyl groups is 1. The summed E-state index contributed by atoms with van der Waals surface area (Å²) in [5.74, 6) is 0.554. The molecule has 0 aliphatic heterocycles. The van der Waals surface area contributed by atoms with E-state index in [2.05, 4.69) is 20.2 Å². The Hall–Kier alpha value is -4.00. The predicted molar refractivity (Wildman–Crippen MR) is 135 cm³/mol. The van der Waals surface area contributed by atoms with Crippen LogP contribution < -0.4 is 0 Å². The number of benzene rings is 4. The molecule has 166 valence electrons. The quantitative estimate of drug-likeness (QED) is 0.199. The molecule has 0 saturated carbocycles. The van der Waals surface area contributed by atoms with Crippen molar-refractivity contribution in [3.05, 3.63) is 101 Å². The third kappa shape index (κ3) is 4.98. The maximum Gasteiger partial charge on any atom is 0.227 e. The number of phenolic OH excluding ortho intramolecular Hbond substituents is 1. The van der Waals surface area contributed by atoms with Crippen LogP contribution in [0, 0.1) is 0 Å².